The first-order valence-corrected chi connectivity index (χ1v) is 11.2. The molecule has 4 nitrogen and oxygen atoms in total. The van der Waals surface area contributed by atoms with Gasteiger partial charge in [-0.2, -0.15) is 0 Å². The van der Waals surface area contributed by atoms with Crippen molar-refractivity contribution in [1.82, 2.24) is 0 Å². The Bertz CT molecular complexity index is 722. The molecule has 0 bridgehead atoms. The van der Waals surface area contributed by atoms with Gasteiger partial charge < -0.3 is 0 Å². The van der Waals surface area contributed by atoms with Crippen LogP contribution in [0.25, 0.3) is 0 Å². The summed E-state index contributed by atoms with van der Waals surface area (Å²) in [5, 5.41) is 0. The van der Waals surface area contributed by atoms with E-state index < -0.39 is 0 Å². The average Bonchev–Trinajstić information content (AvgIpc) is 2.64. The number of benzene rings is 2. The quantitative estimate of drug-likeness (QED) is 0.310. The molecule has 0 fully saturated rings. The third kappa shape index (κ3) is 5.79. The van der Waals surface area contributed by atoms with Crippen molar-refractivity contribution in [3.63, 3.8) is 0 Å². The highest BCUT2D eigenvalue weighted by atomic mass is 33.1. The van der Waals surface area contributed by atoms with Crippen molar-refractivity contribution in [2.75, 3.05) is 8.61 Å². The van der Waals surface area contributed by atoms with Crippen molar-refractivity contribution < 1.29 is 9.59 Å². The van der Waals surface area contributed by atoms with E-state index in [0.29, 0.717) is 0 Å². The summed E-state index contributed by atoms with van der Waals surface area (Å²) >= 11 is 0. The molecule has 150 valence electrons. The van der Waals surface area contributed by atoms with Gasteiger partial charge in [-0.25, -0.2) is 8.61 Å². The van der Waals surface area contributed by atoms with Crippen LogP contribution in [0.5, 0.6) is 0 Å². The summed E-state index contributed by atoms with van der Waals surface area (Å²) in [4.78, 5) is 23.1. The van der Waals surface area contributed by atoms with Crippen LogP contribution in [0.4, 0.5) is 11.4 Å². The molecule has 0 aliphatic carbocycles. The molecule has 0 aliphatic heterocycles. The summed E-state index contributed by atoms with van der Waals surface area (Å²) < 4.78 is 3.02. The van der Waals surface area contributed by atoms with E-state index in [1.165, 1.54) is 41.7 Å². The van der Waals surface area contributed by atoms with E-state index in [0.717, 1.165) is 24.2 Å². The number of anilines is 2. The molecule has 0 aromatic heterocycles. The first-order chi connectivity index (χ1) is 13.1. The molecule has 2 aromatic rings. The Labute approximate surface area is 176 Å². The Balaban J connectivity index is 2.08. The molecule has 2 amide bonds. The van der Waals surface area contributed by atoms with Crippen LogP contribution in [0.3, 0.4) is 0 Å². The first kappa shape index (κ1) is 22.4. The summed E-state index contributed by atoms with van der Waals surface area (Å²) in [6.07, 6.45) is 1.52. The van der Waals surface area contributed by atoms with Crippen molar-refractivity contribution >= 4 is 46.2 Å². The Morgan fingerprint density at radius 2 is 0.893 bits per heavy atom. The van der Waals surface area contributed by atoms with E-state index in [1.54, 1.807) is 0 Å². The van der Waals surface area contributed by atoms with Crippen LogP contribution in [-0.4, -0.2) is 12.8 Å². The van der Waals surface area contributed by atoms with Crippen LogP contribution in [-0.2, 0) is 20.4 Å². The number of hydrogen-bond acceptors (Lipinski definition) is 4. The second-order valence-electron chi connectivity index (χ2n) is 8.61. The zero-order valence-electron chi connectivity index (χ0n) is 17.3. The molecule has 0 aliphatic rings. The van der Waals surface area contributed by atoms with Crippen LogP contribution < -0.4 is 8.61 Å². The largest absolute Gasteiger partial charge is 0.277 e. The average molecular weight is 417 g/mol. The van der Waals surface area contributed by atoms with Crippen molar-refractivity contribution in [1.29, 1.82) is 0 Å². The summed E-state index contributed by atoms with van der Waals surface area (Å²) in [5.74, 6) is 0. The van der Waals surface area contributed by atoms with Gasteiger partial charge in [0, 0.05) is 0 Å². The second kappa shape index (κ2) is 9.05. The fourth-order valence-electron chi connectivity index (χ4n) is 2.53. The third-order valence-corrected chi connectivity index (χ3v) is 6.51. The molecule has 0 radical (unpaired) electrons. The summed E-state index contributed by atoms with van der Waals surface area (Å²) in [5.41, 5.74) is 4.06. The normalized spacial score (nSPS) is 11.8. The summed E-state index contributed by atoms with van der Waals surface area (Å²) in [6, 6.07) is 15.8. The lowest BCUT2D eigenvalue weighted by molar-refractivity contribution is -0.107. The van der Waals surface area contributed by atoms with Crippen LogP contribution in [0.2, 0.25) is 0 Å². The number of carbonyl (C=O) groups is 2. The van der Waals surface area contributed by atoms with E-state index in [9.17, 15) is 9.59 Å². The highest BCUT2D eigenvalue weighted by Crippen LogP contribution is 2.36. The molecule has 0 atom stereocenters. The van der Waals surface area contributed by atoms with Crippen molar-refractivity contribution in [2.24, 2.45) is 0 Å². The zero-order chi connectivity index (χ0) is 20.9. The second-order valence-corrected chi connectivity index (χ2v) is 10.6. The van der Waals surface area contributed by atoms with E-state index in [2.05, 4.69) is 41.5 Å². The first-order valence-electron chi connectivity index (χ1n) is 9.11. The van der Waals surface area contributed by atoms with E-state index in [4.69, 9.17) is 0 Å². The number of hydrogen-bond donors (Lipinski definition) is 0. The van der Waals surface area contributed by atoms with Gasteiger partial charge in [-0.3, -0.25) is 9.59 Å². The van der Waals surface area contributed by atoms with Crippen LogP contribution in [0, 0.1) is 0 Å². The molecular formula is C22H28N2O2S2. The Hall–Kier alpha value is -1.92. The molecule has 0 saturated carbocycles. The predicted octanol–water partition coefficient (Wildman–Crippen LogP) is 6.12. The fraction of sp³-hybridized carbons (Fsp3) is 0.364. The number of rotatable bonds is 7. The molecule has 28 heavy (non-hydrogen) atoms. The highest BCUT2D eigenvalue weighted by molar-refractivity contribution is 8.78. The molecule has 6 heteroatoms. The summed E-state index contributed by atoms with van der Waals surface area (Å²) in [7, 11) is 2.40. The zero-order valence-corrected chi connectivity index (χ0v) is 18.9. The van der Waals surface area contributed by atoms with E-state index in [1.807, 2.05) is 48.5 Å². The SMILES string of the molecule is CC(C)(C)c1ccc(N(C=O)SSN(C=O)c2ccc(C(C)(C)C)cc2)cc1. The standard InChI is InChI=1S/C22H28N2O2S2/c1-21(2,3)17-7-11-19(12-8-17)23(15-25)27-28-24(16-26)20-13-9-18(10-14-20)22(4,5)6/h7-16H,1-6H3. The molecule has 0 heterocycles. The van der Waals surface area contributed by atoms with Gasteiger partial charge in [-0.05, 0) is 46.2 Å². The lowest BCUT2D eigenvalue weighted by Gasteiger charge is -2.23. The maximum Gasteiger partial charge on any atom is 0.224 e. The van der Waals surface area contributed by atoms with Crippen LogP contribution in [0.1, 0.15) is 52.7 Å². The molecule has 0 saturated heterocycles. The lowest BCUT2D eigenvalue weighted by atomic mass is 9.87. The van der Waals surface area contributed by atoms with E-state index >= 15 is 0 Å². The van der Waals surface area contributed by atoms with Crippen LogP contribution in [0.15, 0.2) is 48.5 Å². The van der Waals surface area contributed by atoms with Gasteiger partial charge >= 0.3 is 0 Å². The fourth-order valence-corrected chi connectivity index (χ4v) is 4.32. The van der Waals surface area contributed by atoms with Crippen LogP contribution >= 0.6 is 22.0 Å². The number of nitrogens with zero attached hydrogens (tertiary/aromatic N) is 2. The van der Waals surface area contributed by atoms with Gasteiger partial charge in [0.1, 0.15) is 0 Å². The highest BCUT2D eigenvalue weighted by Gasteiger charge is 2.17. The molecule has 0 unspecified atom stereocenters. The van der Waals surface area contributed by atoms with Crippen molar-refractivity contribution in [3.05, 3.63) is 59.7 Å². The molecule has 2 aromatic carbocycles. The minimum Gasteiger partial charge on any atom is -0.277 e. The molecular weight excluding hydrogens is 388 g/mol. The third-order valence-electron chi connectivity index (χ3n) is 4.36. The number of amides is 2. The van der Waals surface area contributed by atoms with Crippen molar-refractivity contribution in [3.8, 4) is 0 Å². The monoisotopic (exact) mass is 416 g/mol. The number of carbonyl (C=O) groups excluding carboxylic acids is 2. The van der Waals surface area contributed by atoms with Gasteiger partial charge in [0.2, 0.25) is 12.8 Å². The maximum absolute atomic E-state index is 11.6. The van der Waals surface area contributed by atoms with Gasteiger partial charge in [0.05, 0.1) is 33.3 Å². The van der Waals surface area contributed by atoms with Crippen molar-refractivity contribution in [2.45, 2.75) is 52.4 Å². The molecule has 2 rings (SSSR count). The lowest BCUT2D eigenvalue weighted by Crippen LogP contribution is -2.16. The predicted molar refractivity (Wildman–Crippen MR) is 123 cm³/mol. The van der Waals surface area contributed by atoms with Gasteiger partial charge in [0.15, 0.2) is 0 Å². The topological polar surface area (TPSA) is 40.6 Å². The van der Waals surface area contributed by atoms with E-state index in [-0.39, 0.29) is 10.8 Å². The smallest absolute Gasteiger partial charge is 0.224 e. The Morgan fingerprint density at radius 3 is 1.11 bits per heavy atom. The minimum atomic E-state index is 0.0555. The van der Waals surface area contributed by atoms with Gasteiger partial charge in [0.25, 0.3) is 0 Å². The minimum absolute atomic E-state index is 0.0555. The maximum atomic E-state index is 11.6. The van der Waals surface area contributed by atoms with Gasteiger partial charge in [-0.15, -0.1) is 0 Å². The molecule has 0 N–H and O–H groups in total. The van der Waals surface area contributed by atoms with Gasteiger partial charge in [-0.1, -0.05) is 65.8 Å². The Kier molecular flexibility index (Phi) is 7.23. The molecule has 0 spiro atoms. The summed E-state index contributed by atoms with van der Waals surface area (Å²) in [6.45, 7) is 12.9. The Morgan fingerprint density at radius 1 is 0.607 bits per heavy atom.